The lowest BCUT2D eigenvalue weighted by atomic mass is 9.32. The molecule has 0 fully saturated rings. The minimum absolute atomic E-state index is 0.0212. The zero-order valence-corrected chi connectivity index (χ0v) is 39.4. The first-order valence-corrected chi connectivity index (χ1v) is 24.0. The van der Waals surface area contributed by atoms with E-state index in [0.29, 0.717) is 0 Å². The maximum Gasteiger partial charge on any atom is 0.251 e. The summed E-state index contributed by atoms with van der Waals surface area (Å²) in [4.78, 5) is 5.30. The van der Waals surface area contributed by atoms with Crippen LogP contribution in [0, 0.1) is 55.4 Å². The normalized spacial score (nSPS) is 13.3. The molecule has 0 saturated heterocycles. The quantitative estimate of drug-likeness (QED) is 0.163. The number of nitrogens with zero attached hydrogens (tertiary/aromatic N) is 3. The summed E-state index contributed by atoms with van der Waals surface area (Å²) in [5.74, 6) is 0. The molecule has 9 aromatic carbocycles. The first-order valence-electron chi connectivity index (χ1n) is 24.0. The molecule has 0 unspecified atom stereocenters. The molecular formula is C62H49B2N3. The van der Waals surface area contributed by atoms with Gasteiger partial charge in [0.15, 0.2) is 0 Å². The predicted octanol–water partition coefficient (Wildman–Crippen LogP) is 11.8. The molecule has 0 aliphatic carbocycles. The van der Waals surface area contributed by atoms with Crippen molar-refractivity contribution >= 4 is 102 Å². The average molecular weight is 858 g/mol. The fraction of sp³-hybridized carbons (Fsp3) is 0.129. The summed E-state index contributed by atoms with van der Waals surface area (Å²) in [5, 5.41) is 2.56. The monoisotopic (exact) mass is 857 g/mol. The van der Waals surface area contributed by atoms with Crippen LogP contribution in [0.3, 0.4) is 0 Å². The average Bonchev–Trinajstić information content (AvgIpc) is 3.92. The Morgan fingerprint density at radius 2 is 0.776 bits per heavy atom. The Hall–Kier alpha value is -7.49. The Labute approximate surface area is 394 Å². The molecule has 67 heavy (non-hydrogen) atoms. The smallest absolute Gasteiger partial charge is 0.251 e. The Morgan fingerprint density at radius 1 is 0.343 bits per heavy atom. The maximum atomic E-state index is 2.73. The van der Waals surface area contributed by atoms with Crippen molar-refractivity contribution in [3.63, 3.8) is 0 Å². The lowest BCUT2D eigenvalue weighted by Crippen LogP contribution is -2.64. The van der Waals surface area contributed by atoms with Crippen LogP contribution in [0.1, 0.15) is 44.5 Å². The van der Waals surface area contributed by atoms with E-state index in [9.17, 15) is 0 Å². The maximum absolute atomic E-state index is 2.73. The van der Waals surface area contributed by atoms with Crippen LogP contribution in [0.2, 0.25) is 0 Å². The van der Waals surface area contributed by atoms with Crippen molar-refractivity contribution in [3.8, 4) is 27.9 Å². The van der Waals surface area contributed by atoms with Crippen molar-refractivity contribution in [1.82, 2.24) is 4.57 Å². The van der Waals surface area contributed by atoms with Gasteiger partial charge in [-0.25, -0.2) is 0 Å². The molecule has 5 heterocycles. The number of fused-ring (bicyclic) bond motifs is 13. The molecule has 4 aliphatic rings. The van der Waals surface area contributed by atoms with Gasteiger partial charge in [-0.3, -0.25) is 0 Å². The van der Waals surface area contributed by atoms with Crippen LogP contribution in [0.25, 0.3) is 49.7 Å². The van der Waals surface area contributed by atoms with Crippen LogP contribution in [0.15, 0.2) is 152 Å². The number of benzene rings is 9. The van der Waals surface area contributed by atoms with Crippen molar-refractivity contribution < 1.29 is 0 Å². The molecular weight excluding hydrogens is 808 g/mol. The van der Waals surface area contributed by atoms with E-state index in [0.717, 1.165) is 11.4 Å². The van der Waals surface area contributed by atoms with Gasteiger partial charge >= 0.3 is 0 Å². The van der Waals surface area contributed by atoms with Gasteiger partial charge in [-0.05, 0) is 177 Å². The molecule has 318 valence electrons. The van der Waals surface area contributed by atoms with E-state index < -0.39 is 0 Å². The van der Waals surface area contributed by atoms with Gasteiger partial charge in [0.05, 0.1) is 22.4 Å². The van der Waals surface area contributed by atoms with E-state index >= 15 is 0 Å². The summed E-state index contributed by atoms with van der Waals surface area (Å²) in [6, 6.07) is 59.5. The molecule has 5 heteroatoms. The van der Waals surface area contributed by atoms with E-state index in [4.69, 9.17) is 0 Å². The second-order valence-corrected chi connectivity index (χ2v) is 20.4. The fourth-order valence-electron chi connectivity index (χ4n) is 12.7. The van der Waals surface area contributed by atoms with Crippen LogP contribution in [0.4, 0.5) is 34.1 Å². The van der Waals surface area contributed by atoms with E-state index in [-0.39, 0.29) is 13.4 Å². The molecule has 3 nitrogen and oxygen atoms in total. The van der Waals surface area contributed by atoms with Gasteiger partial charge < -0.3 is 14.4 Å². The number of aryl methyl sites for hydroxylation is 8. The molecule has 0 bridgehead atoms. The summed E-state index contributed by atoms with van der Waals surface area (Å²) in [6.45, 7) is 17.9. The van der Waals surface area contributed by atoms with Crippen LogP contribution in [-0.2, 0) is 0 Å². The van der Waals surface area contributed by atoms with E-state index in [1.807, 2.05) is 0 Å². The van der Waals surface area contributed by atoms with Crippen LogP contribution in [0.5, 0.6) is 0 Å². The molecule has 0 saturated carbocycles. The minimum atomic E-state index is -0.0212. The number of hydrogen-bond donors (Lipinski definition) is 0. The van der Waals surface area contributed by atoms with Gasteiger partial charge in [-0.2, -0.15) is 0 Å². The summed E-state index contributed by atoms with van der Waals surface area (Å²) in [6.07, 6.45) is 0. The highest BCUT2D eigenvalue weighted by molar-refractivity contribution is 7.06. The third-order valence-electron chi connectivity index (χ3n) is 15.6. The lowest BCUT2D eigenvalue weighted by Gasteiger charge is -2.45. The molecule has 0 atom stereocenters. The summed E-state index contributed by atoms with van der Waals surface area (Å²) in [7, 11) is 0. The van der Waals surface area contributed by atoms with Crippen molar-refractivity contribution in [2.75, 3.05) is 9.80 Å². The highest BCUT2D eigenvalue weighted by Gasteiger charge is 2.52. The zero-order chi connectivity index (χ0) is 45.3. The molecule has 0 N–H and O–H groups in total. The SMILES string of the molecule is Cc1ccc(N(c2ccc(C)cc2)c2cc3c4c(c2-n2c5ccc(C)cc5c5cc(C)ccc52)B2c5ccc(C)cc5-c5cc(C)cc(c52)N4c2cc(C)cc4c2B3c2ccc(C)cc2-4)cc1. The second-order valence-electron chi connectivity index (χ2n) is 20.4. The van der Waals surface area contributed by atoms with E-state index in [1.165, 1.54) is 150 Å². The van der Waals surface area contributed by atoms with Gasteiger partial charge in [0.1, 0.15) is 0 Å². The minimum Gasteiger partial charge on any atom is -0.312 e. The highest BCUT2D eigenvalue weighted by Crippen LogP contribution is 2.50. The van der Waals surface area contributed by atoms with E-state index in [2.05, 4.69) is 221 Å². The van der Waals surface area contributed by atoms with Gasteiger partial charge in [0.2, 0.25) is 6.71 Å². The van der Waals surface area contributed by atoms with Crippen molar-refractivity contribution in [2.45, 2.75) is 55.4 Å². The lowest BCUT2D eigenvalue weighted by molar-refractivity contribution is 1.15. The number of anilines is 6. The number of aromatic nitrogens is 1. The van der Waals surface area contributed by atoms with Gasteiger partial charge in [0.25, 0.3) is 6.71 Å². The van der Waals surface area contributed by atoms with Crippen LogP contribution < -0.4 is 42.6 Å². The first-order chi connectivity index (χ1) is 32.5. The van der Waals surface area contributed by atoms with Crippen molar-refractivity contribution in [1.29, 1.82) is 0 Å². The number of rotatable bonds is 4. The molecule has 10 aromatic rings. The predicted molar refractivity (Wildman–Crippen MR) is 288 cm³/mol. The zero-order valence-electron chi connectivity index (χ0n) is 39.4. The van der Waals surface area contributed by atoms with Gasteiger partial charge in [0, 0.05) is 39.2 Å². The molecule has 0 radical (unpaired) electrons. The third kappa shape index (κ3) is 5.26. The molecule has 14 rings (SSSR count). The summed E-state index contributed by atoms with van der Waals surface area (Å²) in [5.41, 5.74) is 35.0. The molecule has 0 amide bonds. The Balaban J connectivity index is 1.25. The molecule has 4 aliphatic heterocycles. The Bertz CT molecular complexity index is 3740. The Morgan fingerprint density at radius 3 is 1.30 bits per heavy atom. The third-order valence-corrected chi connectivity index (χ3v) is 15.6. The topological polar surface area (TPSA) is 11.4 Å². The van der Waals surface area contributed by atoms with Gasteiger partial charge in [-0.15, -0.1) is 0 Å². The standard InChI is InChI=1S/C62H49B2N3/c1-34-9-17-42(18-10-34)65(43-19-11-35(2)12-20-43)57-33-52-61-60(62(57)66-53-23-15-38(5)27-46(53)47-28-39(6)16-24-54(47)66)64-51-22-14-37(4)26-45(51)49-30-41(8)32-56(59(49)64)67(61)55-31-40(7)29-48-44-25-36(3)13-21-50(44)63(52)58(48)55/h9-33H,1-8H3. The highest BCUT2D eigenvalue weighted by atomic mass is 15.2. The van der Waals surface area contributed by atoms with Crippen LogP contribution in [-0.4, -0.2) is 18.0 Å². The molecule has 0 spiro atoms. The van der Waals surface area contributed by atoms with Crippen LogP contribution >= 0.6 is 0 Å². The number of hydrogen-bond acceptors (Lipinski definition) is 2. The fourth-order valence-corrected chi connectivity index (χ4v) is 12.7. The molecule has 1 aromatic heterocycles. The Kier molecular flexibility index (Phi) is 7.84. The van der Waals surface area contributed by atoms with Gasteiger partial charge in [-0.1, -0.05) is 129 Å². The first kappa shape index (κ1) is 38.7. The van der Waals surface area contributed by atoms with E-state index in [1.54, 1.807) is 0 Å². The largest absolute Gasteiger partial charge is 0.312 e. The summed E-state index contributed by atoms with van der Waals surface area (Å²) < 4.78 is 2.66. The second kappa shape index (κ2) is 13.5. The summed E-state index contributed by atoms with van der Waals surface area (Å²) >= 11 is 0. The van der Waals surface area contributed by atoms with Crippen molar-refractivity contribution in [3.05, 3.63) is 196 Å². The van der Waals surface area contributed by atoms with Crippen molar-refractivity contribution in [2.24, 2.45) is 0 Å².